The molecule has 2 rings (SSSR count). The van der Waals surface area contributed by atoms with Crippen molar-refractivity contribution in [3.8, 4) is 0 Å². The Morgan fingerprint density at radius 1 is 1.07 bits per heavy atom. The van der Waals surface area contributed by atoms with Crippen LogP contribution in [0.5, 0.6) is 0 Å². The molecule has 72 valence electrons. The Kier molecular flexibility index (Phi) is 2.51. The lowest BCUT2D eigenvalue weighted by Gasteiger charge is -2.11. The van der Waals surface area contributed by atoms with Crippen LogP contribution in [0.1, 0.15) is 18.5 Å². The molecular weight excluding hydrogens is 170 g/mol. The smallest absolute Gasteiger partial charge is 0.0848 e. The van der Waals surface area contributed by atoms with Gasteiger partial charge in [0.2, 0.25) is 0 Å². The summed E-state index contributed by atoms with van der Waals surface area (Å²) in [4.78, 5) is 0. The second-order valence-electron chi connectivity index (χ2n) is 3.63. The summed E-state index contributed by atoms with van der Waals surface area (Å²) in [6.45, 7) is 2.16. The van der Waals surface area contributed by atoms with Crippen LogP contribution in [0.3, 0.4) is 0 Å². The van der Waals surface area contributed by atoms with Gasteiger partial charge in [0.15, 0.2) is 0 Å². The van der Waals surface area contributed by atoms with Crippen molar-refractivity contribution < 1.29 is 5.32 Å². The van der Waals surface area contributed by atoms with Gasteiger partial charge in [-0.25, -0.2) is 0 Å². The second-order valence-corrected chi connectivity index (χ2v) is 3.63. The van der Waals surface area contributed by atoms with E-state index < -0.39 is 0 Å². The van der Waals surface area contributed by atoms with Crippen molar-refractivity contribution in [2.24, 2.45) is 0 Å². The summed E-state index contributed by atoms with van der Waals surface area (Å²) in [7, 11) is 3.82. The van der Waals surface area contributed by atoms with Gasteiger partial charge in [-0.15, -0.1) is 0 Å². The van der Waals surface area contributed by atoms with Crippen molar-refractivity contribution in [3.05, 3.63) is 55.1 Å². The van der Waals surface area contributed by atoms with Gasteiger partial charge in [-0.05, 0) is 23.8 Å². The molecule has 2 aromatic rings. The van der Waals surface area contributed by atoms with Crippen molar-refractivity contribution in [2.75, 3.05) is 0 Å². The molecule has 0 saturated heterocycles. The Balaban J connectivity index is 2.51. The molecule has 0 aliphatic rings. The highest BCUT2D eigenvalue weighted by molar-refractivity contribution is 5.83. The van der Waals surface area contributed by atoms with E-state index in [1.54, 1.807) is 0 Å². The molecule has 0 spiro atoms. The van der Waals surface area contributed by atoms with E-state index in [9.17, 15) is 0 Å². The monoisotopic (exact) mass is 185 g/mol. The van der Waals surface area contributed by atoms with Crippen LogP contribution in [0.2, 0.25) is 0 Å². The first-order valence-corrected chi connectivity index (χ1v) is 4.92. The predicted molar refractivity (Wildman–Crippen MR) is 59.6 cm³/mol. The van der Waals surface area contributed by atoms with Crippen molar-refractivity contribution in [2.45, 2.75) is 13.0 Å². The summed E-state index contributed by atoms with van der Waals surface area (Å²) >= 11 is 0. The van der Waals surface area contributed by atoms with Crippen LogP contribution in [0.4, 0.5) is 0 Å². The van der Waals surface area contributed by atoms with Crippen LogP contribution in [0.15, 0.2) is 42.5 Å². The van der Waals surface area contributed by atoms with Gasteiger partial charge in [0.25, 0.3) is 0 Å². The molecule has 14 heavy (non-hydrogen) atoms. The van der Waals surface area contributed by atoms with E-state index in [0.717, 1.165) is 0 Å². The quantitative estimate of drug-likeness (QED) is 0.691. The maximum absolute atomic E-state index is 3.82. The lowest BCUT2D eigenvalue weighted by molar-refractivity contribution is -0.637. The minimum Gasteiger partial charge on any atom is -0.473 e. The molecule has 0 aliphatic heterocycles. The molecule has 0 unspecified atom stereocenters. The van der Waals surface area contributed by atoms with Gasteiger partial charge in [-0.2, -0.15) is 7.05 Å². The van der Waals surface area contributed by atoms with Gasteiger partial charge in [0, 0.05) is 5.56 Å². The molecule has 0 amide bonds. The van der Waals surface area contributed by atoms with Gasteiger partial charge in [0.1, 0.15) is 0 Å². The zero-order valence-electron chi connectivity index (χ0n) is 8.40. The fourth-order valence-electron chi connectivity index (χ4n) is 1.63. The van der Waals surface area contributed by atoms with E-state index in [2.05, 4.69) is 56.4 Å². The summed E-state index contributed by atoms with van der Waals surface area (Å²) in [5, 5.41) is 4.58. The predicted octanol–water partition coefficient (Wildman–Crippen LogP) is 2.26. The van der Waals surface area contributed by atoms with Gasteiger partial charge in [-0.3, -0.25) is 0 Å². The summed E-state index contributed by atoms with van der Waals surface area (Å²) in [6.07, 6.45) is 0. The van der Waals surface area contributed by atoms with Crippen LogP contribution >= 0.6 is 0 Å². The fraction of sp³-hybridized carbons (Fsp3) is 0.154. The minimum atomic E-state index is 0.430. The van der Waals surface area contributed by atoms with Gasteiger partial charge >= 0.3 is 0 Å². The van der Waals surface area contributed by atoms with E-state index in [0.29, 0.717) is 6.04 Å². The van der Waals surface area contributed by atoms with Gasteiger partial charge < -0.3 is 5.32 Å². The Bertz CT molecular complexity index is 434. The van der Waals surface area contributed by atoms with Crippen molar-refractivity contribution in [1.82, 2.24) is 0 Å². The summed E-state index contributed by atoms with van der Waals surface area (Å²) < 4.78 is 0. The SMILES string of the molecule is [CH2-][NH2+][C@H](C)c1ccc2ccccc2c1. The molecule has 2 N–H and O–H groups in total. The van der Waals surface area contributed by atoms with Crippen LogP contribution in [0, 0.1) is 7.05 Å². The first kappa shape index (κ1) is 9.22. The zero-order chi connectivity index (χ0) is 9.97. The minimum absolute atomic E-state index is 0.430. The van der Waals surface area contributed by atoms with Crippen LogP contribution in [-0.2, 0) is 0 Å². The molecule has 0 aliphatic carbocycles. The molecule has 1 atom stereocenters. The number of nitrogens with two attached hydrogens (primary N) is 1. The van der Waals surface area contributed by atoms with Gasteiger partial charge in [0.05, 0.1) is 6.04 Å². The first-order valence-electron chi connectivity index (χ1n) is 4.92. The third-order valence-corrected chi connectivity index (χ3v) is 2.65. The van der Waals surface area contributed by atoms with E-state index >= 15 is 0 Å². The van der Waals surface area contributed by atoms with E-state index in [4.69, 9.17) is 0 Å². The summed E-state index contributed by atoms with van der Waals surface area (Å²) in [5.41, 5.74) is 1.33. The van der Waals surface area contributed by atoms with Crippen molar-refractivity contribution in [1.29, 1.82) is 0 Å². The Morgan fingerprint density at radius 2 is 1.79 bits per heavy atom. The first-order chi connectivity index (χ1) is 6.81. The molecular formula is C13H15N. The van der Waals surface area contributed by atoms with Gasteiger partial charge in [-0.1, -0.05) is 36.4 Å². The van der Waals surface area contributed by atoms with Crippen LogP contribution in [0.25, 0.3) is 10.8 Å². The average Bonchev–Trinajstić information content (AvgIpc) is 2.27. The number of quaternary nitrogens is 1. The standard InChI is InChI=1S/C13H15N/c1-10(14-2)12-8-7-11-5-3-4-6-13(11)9-12/h3-10H,2,14H2,1H3/t10-/m1/s1. The number of benzene rings is 2. The number of hydrogen-bond acceptors (Lipinski definition) is 0. The molecule has 0 heterocycles. The average molecular weight is 185 g/mol. The Morgan fingerprint density at radius 3 is 2.50 bits per heavy atom. The largest absolute Gasteiger partial charge is 0.473 e. The maximum atomic E-state index is 3.82. The second kappa shape index (κ2) is 3.81. The number of rotatable bonds is 2. The number of fused-ring (bicyclic) bond motifs is 1. The Labute approximate surface area is 84.8 Å². The summed E-state index contributed by atoms with van der Waals surface area (Å²) in [5.74, 6) is 0. The highest BCUT2D eigenvalue weighted by Crippen LogP contribution is 2.18. The maximum Gasteiger partial charge on any atom is 0.0848 e. The molecule has 0 radical (unpaired) electrons. The zero-order valence-corrected chi connectivity index (χ0v) is 8.40. The van der Waals surface area contributed by atoms with Crippen molar-refractivity contribution in [3.63, 3.8) is 0 Å². The number of hydrogen-bond donors (Lipinski definition) is 1. The fourth-order valence-corrected chi connectivity index (χ4v) is 1.63. The lowest BCUT2D eigenvalue weighted by atomic mass is 10.0. The normalized spacial score (nSPS) is 13.0. The molecule has 1 nitrogen and oxygen atoms in total. The molecule has 1 heteroatoms. The van der Waals surface area contributed by atoms with E-state index in [1.807, 2.05) is 5.32 Å². The topological polar surface area (TPSA) is 16.6 Å². The molecule has 0 bridgehead atoms. The van der Waals surface area contributed by atoms with E-state index in [-0.39, 0.29) is 0 Å². The van der Waals surface area contributed by atoms with Crippen LogP contribution < -0.4 is 5.32 Å². The van der Waals surface area contributed by atoms with E-state index in [1.165, 1.54) is 16.3 Å². The third kappa shape index (κ3) is 1.64. The third-order valence-electron chi connectivity index (χ3n) is 2.65. The highest BCUT2D eigenvalue weighted by Gasteiger charge is 2.03. The Hall–Kier alpha value is -1.34. The van der Waals surface area contributed by atoms with Crippen LogP contribution in [-0.4, -0.2) is 0 Å². The molecule has 2 aromatic carbocycles. The van der Waals surface area contributed by atoms with Crippen molar-refractivity contribution >= 4 is 10.8 Å². The molecule has 0 fully saturated rings. The highest BCUT2D eigenvalue weighted by atomic mass is 14.8. The summed E-state index contributed by atoms with van der Waals surface area (Å²) in [6, 6.07) is 15.4. The molecule has 0 aromatic heterocycles. The molecule has 0 saturated carbocycles. The lowest BCUT2D eigenvalue weighted by Crippen LogP contribution is -2.77.